The van der Waals surface area contributed by atoms with Gasteiger partial charge in [-0.05, 0) is 29.7 Å². The van der Waals surface area contributed by atoms with Crippen LogP contribution in [0.5, 0.6) is 11.6 Å². The zero-order valence-electron chi connectivity index (χ0n) is 20.8. The van der Waals surface area contributed by atoms with Gasteiger partial charge >= 0.3 is 0 Å². The maximum Gasteiger partial charge on any atom is 0.257 e. The smallest absolute Gasteiger partial charge is 0.257 e. The first-order valence-electron chi connectivity index (χ1n) is 12.8. The molecule has 4 aliphatic heterocycles. The minimum absolute atomic E-state index is 0.247. The van der Waals surface area contributed by atoms with E-state index in [1.54, 1.807) is 12.3 Å². The molecular weight excluding hydrogens is 476 g/mol. The third-order valence-corrected chi connectivity index (χ3v) is 6.94. The van der Waals surface area contributed by atoms with Crippen molar-refractivity contribution in [3.05, 3.63) is 59.3 Å². The van der Waals surface area contributed by atoms with Crippen LogP contribution in [0.2, 0.25) is 0 Å². The number of morpholine rings is 1. The summed E-state index contributed by atoms with van der Waals surface area (Å²) in [5.74, 6) is 1.46. The Labute approximate surface area is 216 Å². The first-order chi connectivity index (χ1) is 18.2. The second-order valence-electron chi connectivity index (χ2n) is 9.45. The molecule has 4 aliphatic rings. The summed E-state index contributed by atoms with van der Waals surface area (Å²) in [4.78, 5) is 12.8. The van der Waals surface area contributed by atoms with E-state index >= 15 is 0 Å². The van der Waals surface area contributed by atoms with Crippen LogP contribution in [-0.4, -0.2) is 97.5 Å². The molecule has 1 fully saturated rings. The summed E-state index contributed by atoms with van der Waals surface area (Å²) >= 11 is 0. The summed E-state index contributed by atoms with van der Waals surface area (Å²) in [5.41, 5.74) is 4.38. The van der Waals surface area contributed by atoms with Crippen LogP contribution in [0.15, 0.2) is 47.6 Å². The van der Waals surface area contributed by atoms with Gasteiger partial charge in [0.2, 0.25) is 12.2 Å². The maximum atomic E-state index is 10.7. The van der Waals surface area contributed by atoms with Crippen LogP contribution in [0.1, 0.15) is 16.7 Å². The van der Waals surface area contributed by atoms with Gasteiger partial charge in [0.25, 0.3) is 5.88 Å². The van der Waals surface area contributed by atoms with Gasteiger partial charge in [-0.2, -0.15) is 4.99 Å². The Balaban J connectivity index is 1.07. The molecule has 2 atom stereocenters. The first kappa shape index (κ1) is 24.2. The Morgan fingerprint density at radius 3 is 2.97 bits per heavy atom. The Morgan fingerprint density at radius 2 is 2.05 bits per heavy atom. The molecule has 2 aromatic rings. The van der Waals surface area contributed by atoms with Gasteiger partial charge in [0.05, 0.1) is 32.1 Å². The summed E-state index contributed by atoms with van der Waals surface area (Å²) in [6.07, 6.45) is 3.11. The van der Waals surface area contributed by atoms with Crippen LogP contribution in [0, 0.1) is 0 Å². The van der Waals surface area contributed by atoms with Crippen LogP contribution in [0.3, 0.4) is 0 Å². The zero-order chi connectivity index (χ0) is 25.0. The number of aromatic nitrogens is 1. The highest BCUT2D eigenvalue weighted by Gasteiger charge is 2.30. The van der Waals surface area contributed by atoms with Crippen molar-refractivity contribution >= 4 is 11.6 Å². The van der Waals surface area contributed by atoms with Crippen molar-refractivity contribution < 1.29 is 28.8 Å². The van der Waals surface area contributed by atoms with E-state index in [1.807, 2.05) is 17.0 Å². The number of pyridine rings is 1. The number of rotatable bonds is 7. The highest BCUT2D eigenvalue weighted by atomic mass is 16.6. The lowest BCUT2D eigenvalue weighted by atomic mass is 9.94. The molecule has 196 valence electrons. The van der Waals surface area contributed by atoms with Crippen LogP contribution < -0.4 is 9.47 Å². The average molecular weight is 509 g/mol. The molecule has 0 bridgehead atoms. The summed E-state index contributed by atoms with van der Waals surface area (Å²) in [7, 11) is 0. The summed E-state index contributed by atoms with van der Waals surface area (Å²) < 4.78 is 28.9. The number of aliphatic hydroxyl groups is 1. The molecule has 0 radical (unpaired) electrons. The van der Waals surface area contributed by atoms with Crippen LogP contribution in [0.25, 0.3) is 5.70 Å². The van der Waals surface area contributed by atoms with Gasteiger partial charge in [-0.15, -0.1) is 0 Å². The summed E-state index contributed by atoms with van der Waals surface area (Å²) in [6, 6.07) is 10.0. The average Bonchev–Trinajstić information content (AvgIpc) is 2.94. The number of benzene rings is 1. The molecule has 5 heterocycles. The first-order valence-corrected chi connectivity index (χ1v) is 12.8. The lowest BCUT2D eigenvalue weighted by Gasteiger charge is -2.37. The molecule has 0 amide bonds. The predicted molar refractivity (Wildman–Crippen MR) is 135 cm³/mol. The third-order valence-electron chi connectivity index (χ3n) is 6.94. The van der Waals surface area contributed by atoms with E-state index in [0.717, 1.165) is 56.1 Å². The van der Waals surface area contributed by atoms with E-state index in [2.05, 4.69) is 33.1 Å². The van der Waals surface area contributed by atoms with Crippen molar-refractivity contribution in [1.29, 1.82) is 0 Å². The fourth-order valence-electron chi connectivity index (χ4n) is 4.96. The Hall–Kier alpha value is -3.18. The molecule has 0 spiro atoms. The SMILES string of the molecule is OC1N=C(OCC2COc3ncccc3O2)C=C2c3ccc(COCCN4CCOCC4)cc3CCN21. The molecule has 1 aromatic carbocycles. The van der Waals surface area contributed by atoms with Gasteiger partial charge < -0.3 is 33.7 Å². The van der Waals surface area contributed by atoms with E-state index < -0.39 is 6.35 Å². The maximum absolute atomic E-state index is 10.7. The lowest BCUT2D eigenvalue weighted by molar-refractivity contribution is 0.0180. The van der Waals surface area contributed by atoms with E-state index in [-0.39, 0.29) is 12.7 Å². The van der Waals surface area contributed by atoms with Crippen molar-refractivity contribution in [3.8, 4) is 11.6 Å². The zero-order valence-corrected chi connectivity index (χ0v) is 20.8. The molecule has 37 heavy (non-hydrogen) atoms. The number of hydrogen-bond donors (Lipinski definition) is 1. The molecule has 1 saturated heterocycles. The van der Waals surface area contributed by atoms with Crippen LogP contribution in [-0.2, 0) is 27.2 Å². The van der Waals surface area contributed by atoms with Crippen LogP contribution in [0.4, 0.5) is 0 Å². The van der Waals surface area contributed by atoms with E-state index in [4.69, 9.17) is 23.7 Å². The molecule has 10 heteroatoms. The van der Waals surface area contributed by atoms with Crippen molar-refractivity contribution in [2.24, 2.45) is 4.99 Å². The molecule has 2 unspecified atom stereocenters. The van der Waals surface area contributed by atoms with E-state index in [1.165, 1.54) is 5.56 Å². The molecule has 1 N–H and O–H groups in total. The number of nitrogens with zero attached hydrogens (tertiary/aromatic N) is 4. The summed E-state index contributed by atoms with van der Waals surface area (Å²) in [6.45, 7) is 7.04. The highest BCUT2D eigenvalue weighted by molar-refractivity contribution is 5.97. The largest absolute Gasteiger partial charge is 0.478 e. The second-order valence-corrected chi connectivity index (χ2v) is 9.45. The standard InChI is InChI=1S/C27H32N4O6/c32-27-29-25(35-17-21-18-36-26-24(37-21)2-1-6-28-26)15-23-22-4-3-19(14-20(22)5-7-31(23)27)16-34-13-10-30-8-11-33-12-9-30/h1-4,6,14-15,21,27,32H,5,7-13,16-18H2. The van der Waals surface area contributed by atoms with Crippen molar-refractivity contribution in [1.82, 2.24) is 14.8 Å². The fraction of sp³-hybridized carbons (Fsp3) is 0.481. The second kappa shape index (κ2) is 11.1. The van der Waals surface area contributed by atoms with E-state index in [0.29, 0.717) is 43.9 Å². The number of aliphatic hydroxyl groups excluding tert-OH is 1. The fourth-order valence-corrected chi connectivity index (χ4v) is 4.96. The van der Waals surface area contributed by atoms with Gasteiger partial charge in [0.15, 0.2) is 11.9 Å². The molecule has 6 rings (SSSR count). The Kier molecular flexibility index (Phi) is 7.22. The summed E-state index contributed by atoms with van der Waals surface area (Å²) in [5, 5.41) is 10.7. The number of aliphatic imine (C=N–C) groups is 1. The Bertz CT molecular complexity index is 1170. The monoisotopic (exact) mass is 508 g/mol. The van der Waals surface area contributed by atoms with Crippen molar-refractivity contribution in [2.45, 2.75) is 25.5 Å². The van der Waals surface area contributed by atoms with Crippen LogP contribution >= 0.6 is 0 Å². The van der Waals surface area contributed by atoms with Gasteiger partial charge in [0, 0.05) is 44.0 Å². The molecule has 10 nitrogen and oxygen atoms in total. The minimum Gasteiger partial charge on any atom is -0.478 e. The van der Waals surface area contributed by atoms with Crippen molar-refractivity contribution in [2.75, 3.05) is 59.2 Å². The molecule has 0 saturated carbocycles. The molecular formula is C27H32N4O6. The predicted octanol–water partition coefficient (Wildman–Crippen LogP) is 1.67. The lowest BCUT2D eigenvalue weighted by Crippen LogP contribution is -2.41. The third kappa shape index (κ3) is 5.57. The van der Waals surface area contributed by atoms with Gasteiger partial charge in [-0.3, -0.25) is 4.90 Å². The number of hydrogen-bond acceptors (Lipinski definition) is 10. The highest BCUT2D eigenvalue weighted by Crippen LogP contribution is 2.33. The van der Waals surface area contributed by atoms with Gasteiger partial charge in [-0.1, -0.05) is 18.2 Å². The van der Waals surface area contributed by atoms with Gasteiger partial charge in [-0.25, -0.2) is 4.98 Å². The van der Waals surface area contributed by atoms with E-state index in [9.17, 15) is 5.11 Å². The van der Waals surface area contributed by atoms with Crippen molar-refractivity contribution in [3.63, 3.8) is 0 Å². The number of ether oxygens (including phenoxy) is 5. The Morgan fingerprint density at radius 1 is 1.14 bits per heavy atom. The molecule has 1 aromatic heterocycles. The minimum atomic E-state index is -0.986. The number of fused-ring (bicyclic) bond motifs is 4. The quantitative estimate of drug-likeness (QED) is 0.560. The normalized spacial score (nSPS) is 23.0. The molecule has 0 aliphatic carbocycles. The topological polar surface area (TPSA) is 98.1 Å². The van der Waals surface area contributed by atoms with Gasteiger partial charge in [0.1, 0.15) is 13.2 Å².